The minimum atomic E-state index is -1.32. The summed E-state index contributed by atoms with van der Waals surface area (Å²) in [7, 11) is 0. The maximum absolute atomic E-state index is 11.6. The summed E-state index contributed by atoms with van der Waals surface area (Å²) in [5.74, 6) is 0.309. The molecular weight excluding hydrogens is 508 g/mol. The average Bonchev–Trinajstić information content (AvgIpc) is 2.98. The van der Waals surface area contributed by atoms with Crippen molar-refractivity contribution in [3.63, 3.8) is 0 Å². The number of piperidine rings is 1. The number of pyridine rings is 1. The predicted octanol–water partition coefficient (Wildman–Crippen LogP) is 3.91. The first-order chi connectivity index (χ1) is 19.6. The highest BCUT2D eigenvalue weighted by molar-refractivity contribution is 5.78. The van der Waals surface area contributed by atoms with Gasteiger partial charge in [0.2, 0.25) is 0 Å². The van der Waals surface area contributed by atoms with E-state index in [0.29, 0.717) is 19.8 Å². The fraction of sp³-hybridized carbons (Fsp3) is 0.312. The van der Waals surface area contributed by atoms with Crippen molar-refractivity contribution in [3.05, 3.63) is 108 Å². The van der Waals surface area contributed by atoms with E-state index in [-0.39, 0.29) is 19.7 Å². The van der Waals surface area contributed by atoms with Gasteiger partial charge in [0.25, 0.3) is 0 Å². The van der Waals surface area contributed by atoms with Gasteiger partial charge in [-0.1, -0.05) is 60.7 Å². The van der Waals surface area contributed by atoms with E-state index in [0.717, 1.165) is 44.7 Å². The summed E-state index contributed by atoms with van der Waals surface area (Å²) in [6, 6.07) is 27.4. The molecule has 4 aromatic rings. The highest BCUT2D eigenvalue weighted by atomic mass is 16.5. The van der Waals surface area contributed by atoms with Gasteiger partial charge in [-0.25, -0.2) is 0 Å². The molecule has 1 aromatic heterocycles. The second-order valence-corrected chi connectivity index (χ2v) is 9.95. The number of likely N-dealkylation sites (tertiary alicyclic amines) is 1. The Kier molecular flexibility index (Phi) is 9.23. The zero-order chi connectivity index (χ0) is 27.7. The van der Waals surface area contributed by atoms with Crippen LogP contribution in [-0.4, -0.2) is 59.6 Å². The molecule has 1 aliphatic rings. The van der Waals surface area contributed by atoms with Gasteiger partial charge >= 0.3 is 0 Å². The van der Waals surface area contributed by atoms with Crippen molar-refractivity contribution >= 4 is 17.0 Å². The van der Waals surface area contributed by atoms with Crippen LogP contribution in [0.4, 0.5) is 4.79 Å². The average molecular weight is 542 g/mol. The SMILES string of the molecule is O=C([O-])N1CC(O)C(c2ccc(OCCCOCc3ccccc3)cc2)C(OCc2ccc3cccnc3c2)C1. The number of rotatable bonds is 11. The number of aliphatic hydroxyl groups excluding tert-OH is 1. The third-order valence-corrected chi connectivity index (χ3v) is 7.09. The Morgan fingerprint density at radius 1 is 0.925 bits per heavy atom. The highest BCUT2D eigenvalue weighted by Crippen LogP contribution is 2.32. The van der Waals surface area contributed by atoms with Crippen LogP contribution in [0, 0.1) is 0 Å². The fourth-order valence-electron chi connectivity index (χ4n) is 5.04. The molecule has 1 amide bonds. The summed E-state index contributed by atoms with van der Waals surface area (Å²) in [5, 5.41) is 23.6. The monoisotopic (exact) mass is 541 g/mol. The van der Waals surface area contributed by atoms with Crippen LogP contribution < -0.4 is 9.84 Å². The Labute approximate surface area is 233 Å². The van der Waals surface area contributed by atoms with Crippen LogP contribution >= 0.6 is 0 Å². The van der Waals surface area contributed by atoms with E-state index in [2.05, 4.69) is 4.98 Å². The molecule has 8 nitrogen and oxygen atoms in total. The molecule has 5 rings (SSSR count). The van der Waals surface area contributed by atoms with Crippen LogP contribution in [-0.2, 0) is 22.7 Å². The van der Waals surface area contributed by atoms with Gasteiger partial charge in [0.1, 0.15) is 11.8 Å². The van der Waals surface area contributed by atoms with Crippen molar-refractivity contribution in [2.45, 2.75) is 37.8 Å². The Hall–Kier alpha value is -3.98. The number of fused-ring (bicyclic) bond motifs is 1. The molecule has 3 atom stereocenters. The molecule has 3 unspecified atom stereocenters. The standard InChI is InChI=1S/C32H34N2O6/c35-29-19-34(32(36)37)20-30(40-22-24-9-10-25-8-4-15-33-28(25)18-24)31(29)26-11-13-27(14-12-26)39-17-5-16-38-21-23-6-2-1-3-7-23/h1-4,6-15,18,29-31,35H,5,16-17,19-22H2,(H,36,37)/p-1. The maximum atomic E-state index is 11.6. The van der Waals surface area contributed by atoms with Crippen LogP contribution in [0.2, 0.25) is 0 Å². The lowest BCUT2D eigenvalue weighted by molar-refractivity contribution is -0.270. The number of carbonyl (C=O) groups is 1. The molecule has 2 heterocycles. The van der Waals surface area contributed by atoms with Gasteiger partial charge in [-0.15, -0.1) is 0 Å². The van der Waals surface area contributed by atoms with Crippen LogP contribution in [0.5, 0.6) is 5.75 Å². The quantitative estimate of drug-likeness (QED) is 0.287. The largest absolute Gasteiger partial charge is 0.530 e. The topological polar surface area (TPSA) is 104 Å². The number of carboxylic acid groups (broad SMARTS) is 1. The summed E-state index contributed by atoms with van der Waals surface area (Å²) in [6.45, 7) is 2.03. The Morgan fingerprint density at radius 3 is 2.55 bits per heavy atom. The summed E-state index contributed by atoms with van der Waals surface area (Å²) >= 11 is 0. The summed E-state index contributed by atoms with van der Waals surface area (Å²) < 4.78 is 17.8. The molecule has 0 saturated carbocycles. The van der Waals surface area contributed by atoms with Crippen LogP contribution in [0.1, 0.15) is 29.0 Å². The first kappa shape index (κ1) is 27.6. The molecule has 0 spiro atoms. The Bertz CT molecular complexity index is 1380. The number of nitrogens with zero attached hydrogens (tertiary/aromatic N) is 2. The third-order valence-electron chi connectivity index (χ3n) is 7.09. The number of carbonyl (C=O) groups excluding carboxylic acids is 1. The van der Waals surface area contributed by atoms with E-state index in [1.54, 1.807) is 6.20 Å². The molecule has 1 aliphatic heterocycles. The Morgan fingerprint density at radius 2 is 1.75 bits per heavy atom. The fourth-order valence-corrected chi connectivity index (χ4v) is 5.04. The highest BCUT2D eigenvalue weighted by Gasteiger charge is 2.38. The van der Waals surface area contributed by atoms with Crippen LogP contribution in [0.25, 0.3) is 10.9 Å². The van der Waals surface area contributed by atoms with Gasteiger partial charge in [0, 0.05) is 37.0 Å². The zero-order valence-electron chi connectivity index (χ0n) is 22.2. The normalized spacial score (nSPS) is 19.0. The lowest BCUT2D eigenvalue weighted by Crippen LogP contribution is -2.56. The van der Waals surface area contributed by atoms with Crippen molar-refractivity contribution in [1.29, 1.82) is 0 Å². The van der Waals surface area contributed by atoms with Gasteiger partial charge in [-0.2, -0.15) is 0 Å². The second kappa shape index (κ2) is 13.4. The van der Waals surface area contributed by atoms with E-state index in [1.807, 2.05) is 84.9 Å². The molecule has 1 fully saturated rings. The van der Waals surface area contributed by atoms with Crippen molar-refractivity contribution < 1.29 is 29.2 Å². The molecule has 0 bridgehead atoms. The minimum absolute atomic E-state index is 0.0337. The van der Waals surface area contributed by atoms with Crippen LogP contribution in [0.15, 0.2) is 91.1 Å². The van der Waals surface area contributed by atoms with Crippen molar-refractivity contribution in [2.75, 3.05) is 26.3 Å². The van der Waals surface area contributed by atoms with E-state index in [1.165, 1.54) is 0 Å². The number of β-amino-alcohol motifs (C(OH)–C–C–N with tert-alkyl or cyclic N) is 1. The van der Waals surface area contributed by atoms with Gasteiger partial charge in [0.15, 0.2) is 0 Å². The number of hydrogen-bond acceptors (Lipinski definition) is 7. The number of benzene rings is 3. The molecule has 1 N–H and O–H groups in total. The zero-order valence-corrected chi connectivity index (χ0v) is 22.2. The van der Waals surface area contributed by atoms with Crippen molar-refractivity contribution in [3.8, 4) is 5.75 Å². The lowest BCUT2D eigenvalue weighted by atomic mass is 9.84. The van der Waals surface area contributed by atoms with Crippen LogP contribution in [0.3, 0.4) is 0 Å². The molecule has 40 heavy (non-hydrogen) atoms. The molecule has 0 aliphatic carbocycles. The van der Waals surface area contributed by atoms with E-state index < -0.39 is 24.2 Å². The number of ether oxygens (including phenoxy) is 3. The molecular formula is C32H33N2O6-. The van der Waals surface area contributed by atoms with Crippen molar-refractivity contribution in [2.24, 2.45) is 0 Å². The minimum Gasteiger partial charge on any atom is -0.530 e. The molecule has 1 saturated heterocycles. The number of amides is 1. The molecule has 3 aromatic carbocycles. The molecule has 0 radical (unpaired) electrons. The number of aliphatic hydroxyl groups is 1. The van der Waals surface area contributed by atoms with Gasteiger partial charge in [0.05, 0.1) is 44.2 Å². The molecule has 8 heteroatoms. The van der Waals surface area contributed by atoms with E-state index in [9.17, 15) is 15.0 Å². The maximum Gasteiger partial charge on any atom is 0.137 e. The second-order valence-electron chi connectivity index (χ2n) is 9.95. The Balaban J connectivity index is 1.17. The summed E-state index contributed by atoms with van der Waals surface area (Å²) in [5.41, 5.74) is 3.78. The number of aromatic nitrogens is 1. The lowest BCUT2D eigenvalue weighted by Gasteiger charge is -2.43. The van der Waals surface area contributed by atoms with Gasteiger partial charge in [-0.3, -0.25) is 4.98 Å². The van der Waals surface area contributed by atoms with E-state index >= 15 is 0 Å². The van der Waals surface area contributed by atoms with Gasteiger partial charge < -0.3 is 34.1 Å². The summed E-state index contributed by atoms with van der Waals surface area (Å²) in [6.07, 6.45) is -0.323. The number of hydrogen-bond donors (Lipinski definition) is 1. The molecule has 208 valence electrons. The van der Waals surface area contributed by atoms with Crippen molar-refractivity contribution in [1.82, 2.24) is 9.88 Å². The predicted molar refractivity (Wildman–Crippen MR) is 149 cm³/mol. The first-order valence-corrected chi connectivity index (χ1v) is 13.5. The van der Waals surface area contributed by atoms with E-state index in [4.69, 9.17) is 14.2 Å². The summed E-state index contributed by atoms with van der Waals surface area (Å²) in [4.78, 5) is 17.1. The third kappa shape index (κ3) is 7.15. The smallest absolute Gasteiger partial charge is 0.137 e. The van der Waals surface area contributed by atoms with Gasteiger partial charge in [-0.05, 0) is 41.0 Å². The first-order valence-electron chi connectivity index (χ1n) is 13.5.